The third kappa shape index (κ3) is 6.21. The lowest BCUT2D eigenvalue weighted by atomic mass is 9.84. The lowest BCUT2D eigenvalue weighted by molar-refractivity contribution is 0.407. The van der Waals surface area contributed by atoms with E-state index in [-0.39, 0.29) is 27.0 Å². The van der Waals surface area contributed by atoms with Crippen molar-refractivity contribution < 1.29 is 22.4 Å². The Bertz CT molecular complexity index is 1130. The van der Waals surface area contributed by atoms with Gasteiger partial charge in [0, 0.05) is 10.9 Å². The zero-order chi connectivity index (χ0) is 27.1. The van der Waals surface area contributed by atoms with E-state index in [1.54, 1.807) is 26.4 Å². The van der Waals surface area contributed by atoms with E-state index < -0.39 is 18.0 Å². The van der Waals surface area contributed by atoms with Crippen LogP contribution in [-0.2, 0) is 10.1 Å². The quantitative estimate of drug-likeness (QED) is 0.300. The van der Waals surface area contributed by atoms with Crippen LogP contribution in [-0.4, -0.2) is 37.5 Å². The molecule has 0 spiro atoms. The molecular weight excluding hydrogens is 479 g/mol. The highest BCUT2D eigenvalue weighted by Crippen LogP contribution is 2.62. The molecule has 0 aromatic heterocycles. The minimum atomic E-state index is -4.37. The second-order valence-electron chi connectivity index (χ2n) is 11.6. The van der Waals surface area contributed by atoms with Crippen LogP contribution in [0, 0.1) is 0 Å². The fraction of sp³-hybridized carbons (Fsp3) is 0.571. The van der Waals surface area contributed by atoms with Crippen LogP contribution >= 0.6 is 7.92 Å². The van der Waals surface area contributed by atoms with Crippen LogP contribution in [0.3, 0.4) is 0 Å². The van der Waals surface area contributed by atoms with Gasteiger partial charge < -0.3 is 9.47 Å². The van der Waals surface area contributed by atoms with Crippen molar-refractivity contribution >= 4 is 23.3 Å². The van der Waals surface area contributed by atoms with Crippen molar-refractivity contribution in [3.63, 3.8) is 0 Å². The molecule has 0 aliphatic heterocycles. The summed E-state index contributed by atoms with van der Waals surface area (Å²) in [5.41, 5.74) is 3.63. The standard InChI is InChI=1S/C28H43O5PS/c1-17(2)20-15-19(35(29,30)31)16-21(18(3)4)24(20)25-22(32-11)13-14-23(33-12)26(25)34(27(5,6)7)28(8,9)10/h13-18H,1-12H3,(H,29,30,31). The first-order valence-electron chi connectivity index (χ1n) is 12.1. The molecule has 0 radical (unpaired) electrons. The Morgan fingerprint density at radius 1 is 0.771 bits per heavy atom. The van der Waals surface area contributed by atoms with Gasteiger partial charge in [-0.25, -0.2) is 0 Å². The first kappa shape index (κ1) is 29.6. The van der Waals surface area contributed by atoms with E-state index in [0.717, 1.165) is 39.1 Å². The second-order valence-corrected chi connectivity index (χ2v) is 16.9. The number of hydrogen-bond donors (Lipinski definition) is 1. The van der Waals surface area contributed by atoms with Gasteiger partial charge in [-0.2, -0.15) is 8.42 Å². The highest BCUT2D eigenvalue weighted by Gasteiger charge is 2.41. The van der Waals surface area contributed by atoms with Crippen molar-refractivity contribution in [2.24, 2.45) is 0 Å². The minimum absolute atomic E-state index is 0.00320. The number of rotatable bonds is 7. The SMILES string of the molecule is COc1ccc(OC)c(P(C(C)(C)C)C(C)(C)C)c1-c1c(C(C)C)cc(S(=O)(=O)O)cc1C(C)C. The summed E-state index contributed by atoms with van der Waals surface area (Å²) in [7, 11) is -1.80. The molecule has 0 saturated carbocycles. The molecule has 7 heteroatoms. The van der Waals surface area contributed by atoms with Crippen LogP contribution in [0.2, 0.25) is 0 Å². The van der Waals surface area contributed by atoms with E-state index in [0.29, 0.717) is 0 Å². The zero-order valence-corrected chi connectivity index (χ0v) is 25.1. The summed E-state index contributed by atoms with van der Waals surface area (Å²) in [5, 5.41) is 1.02. The van der Waals surface area contributed by atoms with Crippen molar-refractivity contribution in [2.75, 3.05) is 14.2 Å². The van der Waals surface area contributed by atoms with Gasteiger partial charge in [0.1, 0.15) is 11.5 Å². The number of methoxy groups -OCH3 is 2. The molecule has 5 nitrogen and oxygen atoms in total. The summed E-state index contributed by atoms with van der Waals surface area (Å²) in [6, 6.07) is 7.13. The van der Waals surface area contributed by atoms with Crippen LogP contribution in [0.25, 0.3) is 11.1 Å². The highest BCUT2D eigenvalue weighted by atomic mass is 32.2. The fourth-order valence-electron chi connectivity index (χ4n) is 5.04. The lowest BCUT2D eigenvalue weighted by Gasteiger charge is -2.43. The van der Waals surface area contributed by atoms with Crippen LogP contribution in [0.4, 0.5) is 0 Å². The van der Waals surface area contributed by atoms with Crippen LogP contribution < -0.4 is 14.8 Å². The Morgan fingerprint density at radius 2 is 1.17 bits per heavy atom. The van der Waals surface area contributed by atoms with E-state index in [9.17, 15) is 13.0 Å². The van der Waals surface area contributed by atoms with Gasteiger partial charge in [-0.05, 0) is 63.1 Å². The largest absolute Gasteiger partial charge is 0.496 e. The molecule has 0 aliphatic carbocycles. The highest BCUT2D eigenvalue weighted by molar-refractivity contribution is 7.85. The Hall–Kier alpha value is -1.62. The molecular formula is C28H43O5PS. The summed E-state index contributed by atoms with van der Waals surface area (Å²) in [6.45, 7) is 21.8. The third-order valence-electron chi connectivity index (χ3n) is 6.07. The summed E-state index contributed by atoms with van der Waals surface area (Å²) in [4.78, 5) is -0.0778. The van der Waals surface area contributed by atoms with Gasteiger partial charge in [-0.1, -0.05) is 77.2 Å². The normalized spacial score (nSPS) is 13.1. The molecule has 2 aromatic carbocycles. The van der Waals surface area contributed by atoms with Crippen molar-refractivity contribution in [1.82, 2.24) is 0 Å². The van der Waals surface area contributed by atoms with Gasteiger partial charge in [-0.15, -0.1) is 0 Å². The first-order valence-corrected chi connectivity index (χ1v) is 14.8. The van der Waals surface area contributed by atoms with Gasteiger partial charge >= 0.3 is 0 Å². The van der Waals surface area contributed by atoms with E-state index in [1.807, 2.05) is 39.8 Å². The van der Waals surface area contributed by atoms with Crippen LogP contribution in [0.15, 0.2) is 29.2 Å². The molecule has 0 heterocycles. The van der Waals surface area contributed by atoms with Crippen molar-refractivity contribution in [1.29, 1.82) is 0 Å². The Balaban J connectivity index is 3.29. The minimum Gasteiger partial charge on any atom is -0.496 e. The van der Waals surface area contributed by atoms with Crippen LogP contribution in [0.1, 0.15) is 92.2 Å². The molecule has 35 heavy (non-hydrogen) atoms. The Labute approximate surface area is 214 Å². The molecule has 1 N–H and O–H groups in total. The monoisotopic (exact) mass is 522 g/mol. The first-order chi connectivity index (χ1) is 15.9. The van der Waals surface area contributed by atoms with Crippen LogP contribution in [0.5, 0.6) is 11.5 Å². The lowest BCUT2D eigenvalue weighted by Crippen LogP contribution is -2.33. The van der Waals surface area contributed by atoms with E-state index in [4.69, 9.17) is 9.47 Å². The average Bonchev–Trinajstić information content (AvgIpc) is 2.69. The van der Waals surface area contributed by atoms with Gasteiger partial charge in [0.2, 0.25) is 0 Å². The number of ether oxygens (including phenoxy) is 2. The maximum atomic E-state index is 12.2. The topological polar surface area (TPSA) is 72.8 Å². The fourth-order valence-corrected chi connectivity index (χ4v) is 9.77. The van der Waals surface area contributed by atoms with Gasteiger partial charge in [-0.3, -0.25) is 4.55 Å². The van der Waals surface area contributed by atoms with E-state index >= 15 is 0 Å². The zero-order valence-electron chi connectivity index (χ0n) is 23.4. The van der Waals surface area contributed by atoms with Crippen molar-refractivity contribution in [3.8, 4) is 22.6 Å². The predicted octanol–water partition coefficient (Wildman–Crippen LogP) is 7.57. The molecule has 0 bridgehead atoms. The molecule has 0 unspecified atom stereocenters. The molecule has 0 saturated heterocycles. The van der Waals surface area contributed by atoms with Gasteiger partial charge in [0.15, 0.2) is 0 Å². The summed E-state index contributed by atoms with van der Waals surface area (Å²) in [6.07, 6.45) is 0. The Morgan fingerprint density at radius 3 is 1.49 bits per heavy atom. The summed E-state index contributed by atoms with van der Waals surface area (Å²) in [5.74, 6) is 1.54. The van der Waals surface area contributed by atoms with Crippen molar-refractivity contribution in [2.45, 2.75) is 96.3 Å². The molecule has 0 fully saturated rings. The Kier molecular flexibility index (Phi) is 8.80. The van der Waals surface area contributed by atoms with E-state index in [1.165, 1.54) is 0 Å². The predicted molar refractivity (Wildman–Crippen MR) is 149 cm³/mol. The second kappa shape index (κ2) is 10.4. The average molecular weight is 523 g/mol. The third-order valence-corrected chi connectivity index (χ3v) is 10.5. The van der Waals surface area contributed by atoms with E-state index in [2.05, 4.69) is 41.5 Å². The van der Waals surface area contributed by atoms with Crippen molar-refractivity contribution in [3.05, 3.63) is 35.4 Å². The number of hydrogen-bond acceptors (Lipinski definition) is 4. The molecule has 196 valence electrons. The smallest absolute Gasteiger partial charge is 0.294 e. The maximum absolute atomic E-state index is 12.2. The molecule has 2 rings (SSSR count). The molecule has 2 aromatic rings. The summed E-state index contributed by atoms with van der Waals surface area (Å²) < 4.78 is 46.3. The summed E-state index contributed by atoms with van der Waals surface area (Å²) >= 11 is 0. The number of benzene rings is 2. The maximum Gasteiger partial charge on any atom is 0.294 e. The molecule has 0 amide bonds. The van der Waals surface area contributed by atoms with Gasteiger partial charge in [0.05, 0.1) is 19.1 Å². The van der Waals surface area contributed by atoms with Gasteiger partial charge in [0.25, 0.3) is 10.1 Å². The molecule has 0 aliphatic rings. The molecule has 0 atom stereocenters.